The second-order valence-corrected chi connectivity index (χ2v) is 8.19. The fourth-order valence-corrected chi connectivity index (χ4v) is 4.10. The Labute approximate surface area is 182 Å². The van der Waals surface area contributed by atoms with Crippen LogP contribution in [0, 0.1) is 6.92 Å². The monoisotopic (exact) mass is 424 g/mol. The molecule has 0 bridgehead atoms. The Morgan fingerprint density at radius 1 is 1.17 bits per heavy atom. The van der Waals surface area contributed by atoms with Gasteiger partial charge in [-0.25, -0.2) is 4.98 Å². The van der Waals surface area contributed by atoms with Crippen LogP contribution in [0.1, 0.15) is 22.3 Å². The van der Waals surface area contributed by atoms with Crippen LogP contribution in [0.4, 0.5) is 0 Å². The second kappa shape index (κ2) is 9.56. The van der Waals surface area contributed by atoms with Crippen LogP contribution in [0.3, 0.4) is 0 Å². The first-order valence-electron chi connectivity index (χ1n) is 10.5. The highest BCUT2D eigenvalue weighted by Crippen LogP contribution is 2.28. The number of aryl methyl sites for hydroxylation is 1. The summed E-state index contributed by atoms with van der Waals surface area (Å²) in [6.07, 6.45) is 0.940. The van der Waals surface area contributed by atoms with Gasteiger partial charge >= 0.3 is 0 Å². The molecule has 0 aliphatic carbocycles. The van der Waals surface area contributed by atoms with Crippen molar-refractivity contribution in [1.82, 2.24) is 10.3 Å². The van der Waals surface area contributed by atoms with E-state index in [0.717, 1.165) is 67.0 Å². The minimum atomic E-state index is -0.0866. The highest BCUT2D eigenvalue weighted by atomic mass is 35.5. The van der Waals surface area contributed by atoms with Crippen LogP contribution < -0.4 is 10.2 Å². The van der Waals surface area contributed by atoms with E-state index < -0.39 is 0 Å². The van der Waals surface area contributed by atoms with E-state index in [-0.39, 0.29) is 5.91 Å². The van der Waals surface area contributed by atoms with Crippen molar-refractivity contribution < 1.29 is 14.4 Å². The van der Waals surface area contributed by atoms with Gasteiger partial charge in [-0.05, 0) is 36.8 Å². The van der Waals surface area contributed by atoms with Crippen LogP contribution in [-0.4, -0.2) is 50.3 Å². The lowest BCUT2D eigenvalue weighted by molar-refractivity contribution is -0.908. The Bertz CT molecular complexity index is 1050. The lowest BCUT2D eigenvalue weighted by Gasteiger charge is -2.23. The Balaban J connectivity index is 1.55. The standard InChI is InChI=1S/C24H26ClN3O2/c1-17-5-2-3-6-19(17)23-16-21(20-15-18(25)7-8-22(20)27-23)24(29)26-9-4-10-28-11-13-30-14-12-28/h2-3,5-8,15-16H,4,9-14H2,1H3,(H,26,29)/p+1. The molecular formula is C24H27ClN3O2+. The summed E-state index contributed by atoms with van der Waals surface area (Å²) in [7, 11) is 0. The summed E-state index contributed by atoms with van der Waals surface area (Å²) in [6.45, 7) is 7.48. The number of pyridine rings is 1. The number of amides is 1. The number of nitrogens with one attached hydrogen (secondary N) is 2. The summed E-state index contributed by atoms with van der Waals surface area (Å²) >= 11 is 6.22. The molecule has 30 heavy (non-hydrogen) atoms. The van der Waals surface area contributed by atoms with Gasteiger partial charge in [-0.3, -0.25) is 4.79 Å². The number of nitrogens with zero attached hydrogens (tertiary/aromatic N) is 1. The fourth-order valence-electron chi connectivity index (χ4n) is 3.93. The van der Waals surface area contributed by atoms with Crippen molar-refractivity contribution in [2.45, 2.75) is 13.3 Å². The Morgan fingerprint density at radius 3 is 2.77 bits per heavy atom. The van der Waals surface area contributed by atoms with E-state index >= 15 is 0 Å². The smallest absolute Gasteiger partial charge is 0.252 e. The molecule has 0 atom stereocenters. The van der Waals surface area contributed by atoms with Gasteiger partial charge in [0.25, 0.3) is 5.91 Å². The summed E-state index contributed by atoms with van der Waals surface area (Å²) in [5, 5.41) is 4.46. The van der Waals surface area contributed by atoms with Gasteiger partial charge < -0.3 is 15.0 Å². The number of carbonyl (C=O) groups excluding carboxylic acids is 1. The molecule has 3 aromatic rings. The first kappa shape index (κ1) is 20.8. The molecule has 2 aromatic carbocycles. The fraction of sp³-hybridized carbons (Fsp3) is 0.333. The molecule has 0 unspecified atom stereocenters. The van der Waals surface area contributed by atoms with Crippen LogP contribution in [0.5, 0.6) is 0 Å². The molecule has 1 aromatic heterocycles. The first-order valence-corrected chi connectivity index (χ1v) is 10.9. The number of benzene rings is 2. The topological polar surface area (TPSA) is 55.7 Å². The van der Waals surface area contributed by atoms with Gasteiger partial charge in [0.1, 0.15) is 13.1 Å². The zero-order chi connectivity index (χ0) is 20.9. The highest BCUT2D eigenvalue weighted by Gasteiger charge is 2.16. The molecule has 1 aliphatic rings. The van der Waals surface area contributed by atoms with E-state index in [1.54, 1.807) is 4.90 Å². The van der Waals surface area contributed by atoms with Crippen LogP contribution >= 0.6 is 11.6 Å². The van der Waals surface area contributed by atoms with Crippen LogP contribution in [-0.2, 0) is 4.74 Å². The number of morpholine rings is 1. The zero-order valence-electron chi connectivity index (χ0n) is 17.2. The number of hydrogen-bond donors (Lipinski definition) is 2. The van der Waals surface area contributed by atoms with E-state index in [2.05, 4.69) is 18.3 Å². The van der Waals surface area contributed by atoms with E-state index in [1.165, 1.54) is 0 Å². The van der Waals surface area contributed by atoms with E-state index in [4.69, 9.17) is 21.3 Å². The SMILES string of the molecule is Cc1ccccc1-c1cc(C(=O)NCCC[NH+]2CCOCC2)c2cc(Cl)ccc2n1. The van der Waals surface area contributed by atoms with Gasteiger partial charge in [0.15, 0.2) is 0 Å². The third-order valence-corrected chi connectivity index (χ3v) is 5.86. The van der Waals surface area contributed by atoms with Crippen molar-refractivity contribution in [3.8, 4) is 11.3 Å². The maximum Gasteiger partial charge on any atom is 0.252 e. The third kappa shape index (κ3) is 4.81. The molecule has 0 spiro atoms. The molecule has 1 saturated heterocycles. The Morgan fingerprint density at radius 2 is 1.97 bits per heavy atom. The molecule has 5 nitrogen and oxygen atoms in total. The molecule has 4 rings (SSSR count). The predicted octanol–water partition coefficient (Wildman–Crippen LogP) is 2.90. The van der Waals surface area contributed by atoms with E-state index in [1.807, 2.05) is 42.5 Å². The minimum absolute atomic E-state index is 0.0866. The van der Waals surface area contributed by atoms with Gasteiger partial charge in [0, 0.05) is 28.9 Å². The lowest BCUT2D eigenvalue weighted by Crippen LogP contribution is -3.14. The van der Waals surface area contributed by atoms with Gasteiger partial charge in [-0.15, -0.1) is 0 Å². The first-order chi connectivity index (χ1) is 14.6. The molecular weight excluding hydrogens is 398 g/mol. The Kier molecular flexibility index (Phi) is 6.62. The number of rotatable bonds is 6. The summed E-state index contributed by atoms with van der Waals surface area (Å²) in [6, 6.07) is 15.5. The van der Waals surface area contributed by atoms with Crippen molar-refractivity contribution in [2.75, 3.05) is 39.4 Å². The zero-order valence-corrected chi connectivity index (χ0v) is 18.0. The molecule has 1 fully saturated rings. The second-order valence-electron chi connectivity index (χ2n) is 7.75. The Hall–Kier alpha value is -2.47. The van der Waals surface area contributed by atoms with E-state index in [9.17, 15) is 4.79 Å². The molecule has 1 aliphatic heterocycles. The van der Waals surface area contributed by atoms with Gasteiger partial charge in [-0.1, -0.05) is 35.9 Å². The average Bonchev–Trinajstić information content (AvgIpc) is 2.77. The van der Waals surface area contributed by atoms with Crippen LogP contribution in [0.15, 0.2) is 48.5 Å². The normalized spacial score (nSPS) is 14.7. The maximum absolute atomic E-state index is 13.1. The molecule has 2 N–H and O–H groups in total. The number of fused-ring (bicyclic) bond motifs is 1. The molecule has 0 saturated carbocycles. The summed E-state index contributed by atoms with van der Waals surface area (Å²) in [5.74, 6) is -0.0866. The molecule has 156 valence electrons. The minimum Gasteiger partial charge on any atom is -0.370 e. The number of carbonyl (C=O) groups is 1. The van der Waals surface area contributed by atoms with Crippen molar-refractivity contribution >= 4 is 28.4 Å². The van der Waals surface area contributed by atoms with Crippen molar-refractivity contribution in [3.63, 3.8) is 0 Å². The van der Waals surface area contributed by atoms with Gasteiger partial charge in [0.05, 0.1) is 36.5 Å². The lowest BCUT2D eigenvalue weighted by atomic mass is 10.0. The third-order valence-electron chi connectivity index (χ3n) is 5.63. The highest BCUT2D eigenvalue weighted by molar-refractivity contribution is 6.31. The summed E-state index contributed by atoms with van der Waals surface area (Å²) in [4.78, 5) is 19.4. The van der Waals surface area contributed by atoms with Crippen molar-refractivity contribution in [2.24, 2.45) is 0 Å². The molecule has 0 radical (unpaired) electrons. The van der Waals surface area contributed by atoms with Crippen LogP contribution in [0.2, 0.25) is 5.02 Å². The summed E-state index contributed by atoms with van der Waals surface area (Å²) < 4.78 is 5.40. The predicted molar refractivity (Wildman–Crippen MR) is 120 cm³/mol. The summed E-state index contributed by atoms with van der Waals surface area (Å²) in [5.41, 5.74) is 4.32. The van der Waals surface area contributed by atoms with Gasteiger partial charge in [0.2, 0.25) is 0 Å². The molecule has 1 amide bonds. The van der Waals surface area contributed by atoms with Crippen LogP contribution in [0.25, 0.3) is 22.2 Å². The average molecular weight is 425 g/mol. The number of aromatic nitrogens is 1. The number of hydrogen-bond acceptors (Lipinski definition) is 3. The number of quaternary nitrogens is 1. The van der Waals surface area contributed by atoms with Crippen molar-refractivity contribution in [3.05, 3.63) is 64.7 Å². The number of ether oxygens (including phenoxy) is 1. The van der Waals surface area contributed by atoms with Crippen molar-refractivity contribution in [1.29, 1.82) is 0 Å². The van der Waals surface area contributed by atoms with E-state index in [0.29, 0.717) is 17.1 Å². The largest absolute Gasteiger partial charge is 0.370 e. The quantitative estimate of drug-likeness (QED) is 0.598. The van der Waals surface area contributed by atoms with Gasteiger partial charge in [-0.2, -0.15) is 0 Å². The maximum atomic E-state index is 13.1. The number of halogens is 1. The molecule has 6 heteroatoms. The molecule has 2 heterocycles.